The minimum atomic E-state index is -0.253. The van der Waals surface area contributed by atoms with Crippen molar-refractivity contribution >= 4 is 0 Å². The topological polar surface area (TPSA) is 47.9 Å². The number of phenolic OH excluding ortho intramolecular Hbond substituents is 1. The van der Waals surface area contributed by atoms with Crippen molar-refractivity contribution in [2.45, 2.75) is 51.4 Å². The van der Waals surface area contributed by atoms with Crippen LogP contribution in [0.2, 0.25) is 0 Å². The summed E-state index contributed by atoms with van der Waals surface area (Å²) in [6, 6.07) is 14.1. The summed E-state index contributed by atoms with van der Waals surface area (Å²) in [7, 11) is 0. The Hall–Kier alpha value is -2.20. The Kier molecular flexibility index (Phi) is 5.59. The summed E-state index contributed by atoms with van der Waals surface area (Å²) < 4.78 is 17.5. The number of phenols is 1. The average molecular weight is 328 g/mol. The van der Waals surface area contributed by atoms with E-state index in [1.807, 2.05) is 31.2 Å². The number of hydrogen-bond acceptors (Lipinski definition) is 4. The standard InChI is InChI=1S/C20H24O4/c1-15(22-17-5-3-2-4-6-17)23-18-11-13-20(14-12-18)24-19-9-7-16(21)8-10-19/h7-15,17,21H,2-6H2,1H3. The molecule has 0 spiro atoms. The molecule has 2 aromatic carbocycles. The van der Waals surface area contributed by atoms with E-state index >= 15 is 0 Å². The molecule has 2 aromatic rings. The van der Waals surface area contributed by atoms with Gasteiger partial charge < -0.3 is 19.3 Å². The molecule has 4 heteroatoms. The molecule has 1 aliphatic rings. The maximum atomic E-state index is 9.28. The minimum Gasteiger partial charge on any atom is -0.508 e. The van der Waals surface area contributed by atoms with Gasteiger partial charge >= 0.3 is 0 Å². The molecular weight excluding hydrogens is 304 g/mol. The highest BCUT2D eigenvalue weighted by Gasteiger charge is 2.17. The predicted molar refractivity (Wildman–Crippen MR) is 92.7 cm³/mol. The van der Waals surface area contributed by atoms with Crippen molar-refractivity contribution in [1.29, 1.82) is 0 Å². The van der Waals surface area contributed by atoms with Crippen LogP contribution in [0.5, 0.6) is 23.0 Å². The molecule has 0 heterocycles. The third-order valence-electron chi connectivity index (χ3n) is 4.13. The number of benzene rings is 2. The molecule has 1 fully saturated rings. The zero-order valence-corrected chi connectivity index (χ0v) is 14.0. The van der Waals surface area contributed by atoms with E-state index in [0.717, 1.165) is 18.6 Å². The van der Waals surface area contributed by atoms with Crippen LogP contribution in [0, 0.1) is 0 Å². The molecule has 0 saturated heterocycles. The lowest BCUT2D eigenvalue weighted by atomic mass is 9.98. The van der Waals surface area contributed by atoms with Crippen LogP contribution in [-0.4, -0.2) is 17.5 Å². The van der Waals surface area contributed by atoms with E-state index in [9.17, 15) is 5.11 Å². The summed E-state index contributed by atoms with van der Waals surface area (Å²) in [4.78, 5) is 0. The molecule has 0 bridgehead atoms. The summed E-state index contributed by atoms with van der Waals surface area (Å²) in [6.45, 7) is 1.94. The molecule has 0 aliphatic heterocycles. The lowest BCUT2D eigenvalue weighted by Gasteiger charge is -2.26. The maximum Gasteiger partial charge on any atom is 0.197 e. The van der Waals surface area contributed by atoms with Crippen LogP contribution in [0.15, 0.2) is 48.5 Å². The highest BCUT2D eigenvalue weighted by atomic mass is 16.7. The Morgan fingerprint density at radius 3 is 2.00 bits per heavy atom. The van der Waals surface area contributed by atoms with Gasteiger partial charge in [-0.25, -0.2) is 0 Å². The first-order valence-electron chi connectivity index (χ1n) is 8.58. The van der Waals surface area contributed by atoms with Crippen molar-refractivity contribution in [2.24, 2.45) is 0 Å². The second-order valence-corrected chi connectivity index (χ2v) is 6.15. The van der Waals surface area contributed by atoms with E-state index in [2.05, 4.69) is 0 Å². The monoisotopic (exact) mass is 328 g/mol. The third-order valence-corrected chi connectivity index (χ3v) is 4.13. The lowest BCUT2D eigenvalue weighted by molar-refractivity contribution is -0.116. The Morgan fingerprint density at radius 1 is 0.833 bits per heavy atom. The van der Waals surface area contributed by atoms with Crippen LogP contribution in [0.4, 0.5) is 0 Å². The molecule has 1 atom stereocenters. The summed E-state index contributed by atoms with van der Waals surface area (Å²) >= 11 is 0. The predicted octanol–water partition coefficient (Wildman–Crippen LogP) is 5.26. The van der Waals surface area contributed by atoms with Crippen molar-refractivity contribution in [3.05, 3.63) is 48.5 Å². The molecular formula is C20H24O4. The van der Waals surface area contributed by atoms with Crippen LogP contribution in [0.3, 0.4) is 0 Å². The molecule has 4 nitrogen and oxygen atoms in total. The highest BCUT2D eigenvalue weighted by molar-refractivity contribution is 5.37. The molecule has 0 radical (unpaired) electrons. The van der Waals surface area contributed by atoms with Gasteiger partial charge in [0.1, 0.15) is 23.0 Å². The Labute approximate surface area is 143 Å². The highest BCUT2D eigenvalue weighted by Crippen LogP contribution is 2.26. The van der Waals surface area contributed by atoms with Gasteiger partial charge in [0.2, 0.25) is 0 Å². The molecule has 128 valence electrons. The zero-order valence-electron chi connectivity index (χ0n) is 14.0. The number of ether oxygens (including phenoxy) is 3. The van der Waals surface area contributed by atoms with Crippen LogP contribution in [-0.2, 0) is 4.74 Å². The Morgan fingerprint density at radius 2 is 1.38 bits per heavy atom. The van der Waals surface area contributed by atoms with E-state index in [1.165, 1.54) is 19.3 Å². The van der Waals surface area contributed by atoms with E-state index in [0.29, 0.717) is 17.6 Å². The van der Waals surface area contributed by atoms with Crippen LogP contribution in [0.25, 0.3) is 0 Å². The first kappa shape index (κ1) is 16.7. The molecule has 1 saturated carbocycles. The number of rotatable bonds is 6. The fraction of sp³-hybridized carbons (Fsp3) is 0.400. The van der Waals surface area contributed by atoms with E-state index in [4.69, 9.17) is 14.2 Å². The van der Waals surface area contributed by atoms with Crippen LogP contribution in [0.1, 0.15) is 39.0 Å². The second-order valence-electron chi connectivity index (χ2n) is 6.15. The maximum absolute atomic E-state index is 9.28. The van der Waals surface area contributed by atoms with E-state index in [-0.39, 0.29) is 12.0 Å². The molecule has 1 aliphatic carbocycles. The Balaban J connectivity index is 1.51. The van der Waals surface area contributed by atoms with Gasteiger partial charge in [-0.1, -0.05) is 19.3 Å². The molecule has 3 rings (SSSR count). The first-order valence-corrected chi connectivity index (χ1v) is 8.58. The number of hydrogen-bond donors (Lipinski definition) is 1. The zero-order chi connectivity index (χ0) is 16.8. The minimum absolute atomic E-state index is 0.220. The van der Waals surface area contributed by atoms with Gasteiger partial charge in [-0.2, -0.15) is 0 Å². The molecule has 1 N–H and O–H groups in total. The van der Waals surface area contributed by atoms with E-state index < -0.39 is 0 Å². The van der Waals surface area contributed by atoms with Crippen LogP contribution >= 0.6 is 0 Å². The molecule has 0 amide bonds. The summed E-state index contributed by atoms with van der Waals surface area (Å²) in [5.74, 6) is 2.37. The van der Waals surface area contributed by atoms with Crippen molar-refractivity contribution in [3.8, 4) is 23.0 Å². The van der Waals surface area contributed by atoms with Crippen molar-refractivity contribution in [3.63, 3.8) is 0 Å². The Bertz CT molecular complexity index is 615. The van der Waals surface area contributed by atoms with E-state index in [1.54, 1.807) is 24.3 Å². The van der Waals surface area contributed by atoms with Gasteiger partial charge in [0, 0.05) is 0 Å². The van der Waals surface area contributed by atoms with Crippen molar-refractivity contribution in [1.82, 2.24) is 0 Å². The third kappa shape index (κ3) is 4.90. The van der Waals surface area contributed by atoms with Crippen LogP contribution < -0.4 is 9.47 Å². The van der Waals surface area contributed by atoms with Gasteiger partial charge in [-0.05, 0) is 68.3 Å². The van der Waals surface area contributed by atoms with Gasteiger partial charge in [-0.15, -0.1) is 0 Å². The number of aromatic hydroxyl groups is 1. The van der Waals surface area contributed by atoms with Gasteiger partial charge in [0.05, 0.1) is 6.10 Å². The van der Waals surface area contributed by atoms with Gasteiger partial charge in [0.15, 0.2) is 6.29 Å². The summed E-state index contributed by atoms with van der Waals surface area (Å²) in [5, 5.41) is 9.28. The summed E-state index contributed by atoms with van der Waals surface area (Å²) in [6.07, 6.45) is 6.15. The quantitative estimate of drug-likeness (QED) is 0.735. The normalized spacial score (nSPS) is 16.5. The first-order chi connectivity index (χ1) is 11.7. The van der Waals surface area contributed by atoms with Crippen molar-refractivity contribution in [2.75, 3.05) is 0 Å². The molecule has 1 unspecified atom stereocenters. The van der Waals surface area contributed by atoms with Gasteiger partial charge in [-0.3, -0.25) is 0 Å². The van der Waals surface area contributed by atoms with Crippen molar-refractivity contribution < 1.29 is 19.3 Å². The largest absolute Gasteiger partial charge is 0.508 e. The smallest absolute Gasteiger partial charge is 0.197 e. The summed E-state index contributed by atoms with van der Waals surface area (Å²) in [5.41, 5.74) is 0. The van der Waals surface area contributed by atoms with Gasteiger partial charge in [0.25, 0.3) is 0 Å². The molecule has 24 heavy (non-hydrogen) atoms. The average Bonchev–Trinajstić information content (AvgIpc) is 2.59. The second kappa shape index (κ2) is 8.06. The fourth-order valence-electron chi connectivity index (χ4n) is 2.93. The fourth-order valence-corrected chi connectivity index (χ4v) is 2.93. The molecule has 0 aromatic heterocycles. The lowest BCUT2D eigenvalue weighted by Crippen LogP contribution is -2.26. The SMILES string of the molecule is CC(Oc1ccc(Oc2ccc(O)cc2)cc1)OC1CCCCC1.